The molecule has 0 aliphatic carbocycles. The van der Waals surface area contributed by atoms with E-state index in [-0.39, 0.29) is 6.10 Å². The molecule has 3 atom stereocenters. The van der Waals surface area contributed by atoms with Crippen molar-refractivity contribution in [3.8, 4) is 0 Å². The fourth-order valence-corrected chi connectivity index (χ4v) is 4.34. The Labute approximate surface area is 146 Å². The van der Waals surface area contributed by atoms with Gasteiger partial charge in [-0.3, -0.25) is 9.88 Å². The van der Waals surface area contributed by atoms with Gasteiger partial charge in [-0.25, -0.2) is 4.98 Å². The summed E-state index contributed by atoms with van der Waals surface area (Å²) < 4.78 is 12.1. The van der Waals surface area contributed by atoms with Gasteiger partial charge >= 0.3 is 0 Å². The molecule has 0 unspecified atom stereocenters. The van der Waals surface area contributed by atoms with Crippen molar-refractivity contribution in [1.29, 1.82) is 0 Å². The van der Waals surface area contributed by atoms with Gasteiger partial charge < -0.3 is 9.47 Å². The van der Waals surface area contributed by atoms with Crippen molar-refractivity contribution in [2.24, 2.45) is 0 Å². The summed E-state index contributed by atoms with van der Waals surface area (Å²) in [5, 5.41) is 3.26. The summed E-state index contributed by atoms with van der Waals surface area (Å²) in [5.41, 5.74) is 1.16. The van der Waals surface area contributed by atoms with Crippen molar-refractivity contribution in [1.82, 2.24) is 14.9 Å². The van der Waals surface area contributed by atoms with Crippen LogP contribution in [0.2, 0.25) is 0 Å². The Morgan fingerprint density at radius 2 is 2.12 bits per heavy atom. The number of ether oxygens (including phenoxy) is 2. The van der Waals surface area contributed by atoms with Crippen molar-refractivity contribution in [3.05, 3.63) is 46.7 Å². The Morgan fingerprint density at radius 1 is 1.21 bits per heavy atom. The second-order valence-electron chi connectivity index (χ2n) is 6.50. The van der Waals surface area contributed by atoms with Crippen LogP contribution in [-0.2, 0) is 22.6 Å². The topological polar surface area (TPSA) is 47.5 Å². The molecule has 0 amide bonds. The minimum atomic E-state index is 0.230. The quantitative estimate of drug-likeness (QED) is 0.806. The number of nitrogens with zero attached hydrogens (tertiary/aromatic N) is 3. The molecule has 0 radical (unpaired) electrons. The number of aromatic nitrogens is 2. The summed E-state index contributed by atoms with van der Waals surface area (Å²) in [4.78, 5) is 11.0. The molecule has 2 fully saturated rings. The van der Waals surface area contributed by atoms with Crippen LogP contribution in [0.5, 0.6) is 0 Å². The fraction of sp³-hybridized carbons (Fsp3) is 0.556. The molecular formula is C18H23N3O2S. The largest absolute Gasteiger partial charge is 0.374 e. The molecule has 4 rings (SSSR count). The Bertz CT molecular complexity index is 622. The molecule has 6 heteroatoms. The second-order valence-corrected chi connectivity index (χ2v) is 7.48. The van der Waals surface area contributed by atoms with Crippen LogP contribution in [0.4, 0.5) is 0 Å². The van der Waals surface area contributed by atoms with Crippen LogP contribution in [0, 0.1) is 0 Å². The molecule has 0 spiro atoms. The van der Waals surface area contributed by atoms with Gasteiger partial charge in [-0.2, -0.15) is 0 Å². The average molecular weight is 345 g/mol. The zero-order valence-corrected chi connectivity index (χ0v) is 14.5. The molecule has 0 saturated carbocycles. The van der Waals surface area contributed by atoms with E-state index in [0.29, 0.717) is 25.4 Å². The first-order valence-electron chi connectivity index (χ1n) is 8.63. The van der Waals surface area contributed by atoms with Gasteiger partial charge in [0.05, 0.1) is 32.0 Å². The Kier molecular flexibility index (Phi) is 5.18. The van der Waals surface area contributed by atoms with Gasteiger partial charge in [0.1, 0.15) is 5.01 Å². The van der Waals surface area contributed by atoms with Gasteiger partial charge in [0.15, 0.2) is 0 Å². The number of fused-ring (bicyclic) bond motifs is 1. The van der Waals surface area contributed by atoms with Gasteiger partial charge in [-0.05, 0) is 37.0 Å². The van der Waals surface area contributed by atoms with Crippen LogP contribution in [-0.4, -0.2) is 46.3 Å². The molecule has 2 aliphatic heterocycles. The van der Waals surface area contributed by atoms with Crippen molar-refractivity contribution < 1.29 is 9.47 Å². The van der Waals surface area contributed by atoms with E-state index in [1.807, 2.05) is 18.3 Å². The highest BCUT2D eigenvalue weighted by Crippen LogP contribution is 2.32. The summed E-state index contributed by atoms with van der Waals surface area (Å²) in [6.07, 6.45) is 9.47. The third kappa shape index (κ3) is 3.83. The highest BCUT2D eigenvalue weighted by molar-refractivity contribution is 7.09. The smallest absolute Gasteiger partial charge is 0.107 e. The Balaban J connectivity index is 1.23. The van der Waals surface area contributed by atoms with E-state index in [1.165, 1.54) is 11.4 Å². The molecule has 24 heavy (non-hydrogen) atoms. The summed E-state index contributed by atoms with van der Waals surface area (Å²) in [5.74, 6) is 0. The predicted molar refractivity (Wildman–Crippen MR) is 92.7 cm³/mol. The Morgan fingerprint density at radius 3 is 2.96 bits per heavy atom. The standard InChI is InChI=1S/C18H23N3O2S/c1-2-16-17(5-9-21(16)11-18-20-8-10-24-18)23-15(1)13-22-12-14-3-6-19-7-4-14/h3-4,6-8,10,15-17H,1-2,5,9,11-13H2/t15-,16+,17+/m1/s1. The van der Waals surface area contributed by atoms with Crippen LogP contribution in [0.15, 0.2) is 36.1 Å². The van der Waals surface area contributed by atoms with E-state index >= 15 is 0 Å². The number of hydrogen-bond acceptors (Lipinski definition) is 6. The molecule has 0 N–H and O–H groups in total. The van der Waals surface area contributed by atoms with E-state index in [4.69, 9.17) is 9.47 Å². The van der Waals surface area contributed by atoms with Crippen molar-refractivity contribution in [2.75, 3.05) is 13.2 Å². The molecule has 2 aromatic heterocycles. The maximum absolute atomic E-state index is 6.30. The normalized spacial score (nSPS) is 27.2. The summed E-state index contributed by atoms with van der Waals surface area (Å²) in [6, 6.07) is 4.53. The molecule has 5 nitrogen and oxygen atoms in total. The highest BCUT2D eigenvalue weighted by Gasteiger charge is 2.39. The fourth-order valence-electron chi connectivity index (χ4n) is 3.70. The van der Waals surface area contributed by atoms with Gasteiger partial charge in [-0.1, -0.05) is 0 Å². The lowest BCUT2D eigenvalue weighted by Gasteiger charge is -2.35. The Hall–Kier alpha value is -1.34. The van der Waals surface area contributed by atoms with Crippen LogP contribution in [0.3, 0.4) is 0 Å². The van der Waals surface area contributed by atoms with E-state index in [1.54, 1.807) is 23.7 Å². The lowest BCUT2D eigenvalue weighted by Crippen LogP contribution is -2.43. The molecule has 128 valence electrons. The maximum Gasteiger partial charge on any atom is 0.107 e. The van der Waals surface area contributed by atoms with E-state index in [2.05, 4.69) is 20.2 Å². The van der Waals surface area contributed by atoms with Crippen LogP contribution < -0.4 is 0 Å². The first kappa shape index (κ1) is 16.1. The molecule has 2 aliphatic rings. The number of thiazole rings is 1. The van der Waals surface area contributed by atoms with Gasteiger partial charge in [0, 0.05) is 36.6 Å². The summed E-state index contributed by atoms with van der Waals surface area (Å²) in [7, 11) is 0. The third-order valence-corrected chi connectivity index (χ3v) is 5.66. The zero-order chi connectivity index (χ0) is 16.2. The average Bonchev–Trinajstić information content (AvgIpc) is 3.26. The van der Waals surface area contributed by atoms with Crippen LogP contribution >= 0.6 is 11.3 Å². The van der Waals surface area contributed by atoms with E-state index in [0.717, 1.165) is 31.5 Å². The van der Waals surface area contributed by atoms with Crippen LogP contribution in [0.1, 0.15) is 29.8 Å². The van der Waals surface area contributed by atoms with E-state index in [9.17, 15) is 0 Å². The molecule has 2 saturated heterocycles. The lowest BCUT2D eigenvalue weighted by atomic mass is 9.99. The van der Waals surface area contributed by atoms with E-state index < -0.39 is 0 Å². The minimum absolute atomic E-state index is 0.230. The molecule has 0 aromatic carbocycles. The monoisotopic (exact) mass is 345 g/mol. The highest BCUT2D eigenvalue weighted by atomic mass is 32.1. The number of pyridine rings is 1. The second kappa shape index (κ2) is 7.70. The van der Waals surface area contributed by atoms with Gasteiger partial charge in [-0.15, -0.1) is 11.3 Å². The third-order valence-electron chi connectivity index (χ3n) is 4.89. The van der Waals surface area contributed by atoms with Crippen molar-refractivity contribution >= 4 is 11.3 Å². The number of hydrogen-bond donors (Lipinski definition) is 0. The number of rotatable bonds is 6. The predicted octanol–water partition coefficient (Wildman–Crippen LogP) is 2.88. The van der Waals surface area contributed by atoms with Crippen molar-refractivity contribution in [2.45, 2.75) is 50.7 Å². The van der Waals surface area contributed by atoms with Gasteiger partial charge in [0.25, 0.3) is 0 Å². The van der Waals surface area contributed by atoms with Crippen molar-refractivity contribution in [3.63, 3.8) is 0 Å². The number of likely N-dealkylation sites (tertiary alicyclic amines) is 1. The molecular weight excluding hydrogens is 322 g/mol. The first-order valence-corrected chi connectivity index (χ1v) is 9.51. The SMILES string of the molecule is c1cc(COC[C@H]2CC[C@H]3[C@H](CCN3Cc3nccs3)O2)ccn1. The summed E-state index contributed by atoms with van der Waals surface area (Å²) in [6.45, 7) is 3.38. The summed E-state index contributed by atoms with van der Waals surface area (Å²) >= 11 is 1.74. The zero-order valence-electron chi connectivity index (χ0n) is 13.7. The van der Waals surface area contributed by atoms with Crippen LogP contribution in [0.25, 0.3) is 0 Å². The lowest BCUT2D eigenvalue weighted by molar-refractivity contribution is -0.102. The molecule has 4 heterocycles. The minimum Gasteiger partial charge on any atom is -0.374 e. The molecule has 0 bridgehead atoms. The van der Waals surface area contributed by atoms with Gasteiger partial charge in [0.2, 0.25) is 0 Å². The molecule has 2 aromatic rings. The maximum atomic E-state index is 6.30. The first-order chi connectivity index (χ1) is 11.9.